The highest BCUT2D eigenvalue weighted by molar-refractivity contribution is 7.71. The minimum atomic E-state index is -0.591. The molecule has 64 valence electrons. The SMILES string of the molecule is NNC(=O)c1cc(=O)[nH]c(=S)[nH]1. The van der Waals surface area contributed by atoms with Crippen molar-refractivity contribution in [3.05, 3.63) is 26.9 Å². The van der Waals surface area contributed by atoms with Crippen LogP contribution in [0.1, 0.15) is 10.5 Å². The molecule has 0 bridgehead atoms. The van der Waals surface area contributed by atoms with Gasteiger partial charge in [-0.05, 0) is 12.2 Å². The molecule has 12 heavy (non-hydrogen) atoms. The molecule has 0 saturated heterocycles. The first-order valence-corrected chi connectivity index (χ1v) is 3.39. The van der Waals surface area contributed by atoms with Crippen LogP contribution in [0.15, 0.2) is 10.9 Å². The fourth-order valence-corrected chi connectivity index (χ4v) is 0.879. The summed E-state index contributed by atoms with van der Waals surface area (Å²) in [7, 11) is 0. The zero-order valence-electron chi connectivity index (χ0n) is 5.88. The van der Waals surface area contributed by atoms with E-state index < -0.39 is 11.5 Å². The quantitative estimate of drug-likeness (QED) is 0.196. The zero-order chi connectivity index (χ0) is 9.14. The Morgan fingerprint density at radius 1 is 1.58 bits per heavy atom. The van der Waals surface area contributed by atoms with Gasteiger partial charge < -0.3 is 4.98 Å². The van der Waals surface area contributed by atoms with Crippen LogP contribution in [-0.2, 0) is 0 Å². The lowest BCUT2D eigenvalue weighted by Gasteiger charge is -1.97. The summed E-state index contributed by atoms with van der Waals surface area (Å²) in [5, 5.41) is 0. The molecule has 0 fully saturated rings. The van der Waals surface area contributed by atoms with E-state index >= 15 is 0 Å². The van der Waals surface area contributed by atoms with Gasteiger partial charge in [-0.15, -0.1) is 0 Å². The average Bonchev–Trinajstić information content (AvgIpc) is 2.01. The molecule has 1 aromatic rings. The van der Waals surface area contributed by atoms with E-state index in [1.54, 1.807) is 0 Å². The first kappa shape index (κ1) is 8.62. The summed E-state index contributed by atoms with van der Waals surface area (Å²) in [4.78, 5) is 26.4. The van der Waals surface area contributed by atoms with Crippen LogP contribution in [0.3, 0.4) is 0 Å². The van der Waals surface area contributed by atoms with Gasteiger partial charge in [0.1, 0.15) is 5.69 Å². The fraction of sp³-hybridized carbons (Fsp3) is 0. The van der Waals surface area contributed by atoms with Crippen molar-refractivity contribution in [2.75, 3.05) is 0 Å². The Balaban J connectivity index is 3.27. The van der Waals surface area contributed by atoms with Gasteiger partial charge in [0, 0.05) is 6.07 Å². The van der Waals surface area contributed by atoms with Crippen LogP contribution in [-0.4, -0.2) is 15.9 Å². The van der Waals surface area contributed by atoms with E-state index in [1.165, 1.54) is 0 Å². The van der Waals surface area contributed by atoms with E-state index in [-0.39, 0.29) is 10.5 Å². The van der Waals surface area contributed by atoms with Gasteiger partial charge in [0.15, 0.2) is 4.77 Å². The first-order chi connectivity index (χ1) is 5.63. The topological polar surface area (TPSA) is 104 Å². The molecule has 0 aliphatic rings. The molecule has 0 saturated carbocycles. The lowest BCUT2D eigenvalue weighted by Crippen LogP contribution is -2.31. The van der Waals surface area contributed by atoms with Gasteiger partial charge >= 0.3 is 0 Å². The van der Waals surface area contributed by atoms with Crippen LogP contribution in [0.2, 0.25) is 0 Å². The van der Waals surface area contributed by atoms with Gasteiger partial charge in [-0.2, -0.15) is 0 Å². The Kier molecular flexibility index (Phi) is 2.36. The number of aromatic nitrogens is 2. The molecule has 1 heterocycles. The smallest absolute Gasteiger partial charge is 0.281 e. The zero-order valence-corrected chi connectivity index (χ0v) is 6.70. The maximum absolute atomic E-state index is 10.9. The number of nitrogens with two attached hydrogens (primary N) is 1. The number of carbonyl (C=O) groups is 1. The third kappa shape index (κ3) is 1.77. The molecule has 0 aliphatic heterocycles. The summed E-state index contributed by atoms with van der Waals surface area (Å²) in [5.74, 6) is 4.25. The molecule has 0 spiro atoms. The lowest BCUT2D eigenvalue weighted by atomic mass is 10.4. The summed E-state index contributed by atoms with van der Waals surface area (Å²) in [6, 6.07) is 1.07. The van der Waals surface area contributed by atoms with Crippen LogP contribution >= 0.6 is 12.2 Å². The second kappa shape index (κ2) is 3.28. The highest BCUT2D eigenvalue weighted by atomic mass is 32.1. The molecule has 0 aliphatic carbocycles. The Morgan fingerprint density at radius 3 is 2.75 bits per heavy atom. The van der Waals surface area contributed by atoms with Crippen molar-refractivity contribution in [2.24, 2.45) is 5.84 Å². The van der Waals surface area contributed by atoms with Gasteiger partial charge in [-0.3, -0.25) is 20.0 Å². The average molecular weight is 186 g/mol. The largest absolute Gasteiger partial charge is 0.328 e. The van der Waals surface area contributed by atoms with Crippen molar-refractivity contribution in [3.63, 3.8) is 0 Å². The second-order valence-electron chi connectivity index (χ2n) is 1.97. The molecular weight excluding hydrogens is 180 g/mol. The fourth-order valence-electron chi connectivity index (χ4n) is 0.669. The van der Waals surface area contributed by atoms with Crippen molar-refractivity contribution < 1.29 is 4.79 Å². The van der Waals surface area contributed by atoms with Crippen LogP contribution < -0.4 is 16.8 Å². The van der Waals surface area contributed by atoms with E-state index in [9.17, 15) is 9.59 Å². The van der Waals surface area contributed by atoms with Crippen LogP contribution in [0.4, 0.5) is 0 Å². The monoisotopic (exact) mass is 186 g/mol. The molecule has 1 amide bonds. The van der Waals surface area contributed by atoms with Crippen molar-refractivity contribution >= 4 is 18.1 Å². The van der Waals surface area contributed by atoms with E-state index in [0.717, 1.165) is 6.07 Å². The maximum atomic E-state index is 10.9. The van der Waals surface area contributed by atoms with E-state index in [4.69, 9.17) is 5.84 Å². The number of carbonyl (C=O) groups excluding carboxylic acids is 1. The van der Waals surface area contributed by atoms with E-state index in [0.29, 0.717) is 0 Å². The molecule has 6 nitrogen and oxygen atoms in total. The van der Waals surface area contributed by atoms with Crippen LogP contribution in [0, 0.1) is 4.77 Å². The van der Waals surface area contributed by atoms with Crippen LogP contribution in [0.25, 0.3) is 0 Å². The first-order valence-electron chi connectivity index (χ1n) is 2.98. The number of hydrogen-bond donors (Lipinski definition) is 4. The van der Waals surface area contributed by atoms with Gasteiger partial charge in [-0.25, -0.2) is 5.84 Å². The predicted molar refractivity (Wildman–Crippen MR) is 43.9 cm³/mol. The molecule has 0 atom stereocenters. The molecule has 0 unspecified atom stereocenters. The Bertz CT molecular complexity index is 378. The summed E-state index contributed by atoms with van der Waals surface area (Å²) in [6.07, 6.45) is 0. The van der Waals surface area contributed by atoms with Crippen molar-refractivity contribution in [2.45, 2.75) is 0 Å². The van der Waals surface area contributed by atoms with Gasteiger partial charge in [0.2, 0.25) is 0 Å². The highest BCUT2D eigenvalue weighted by Gasteiger charge is 2.03. The minimum Gasteiger partial charge on any atom is -0.328 e. The maximum Gasteiger partial charge on any atom is 0.281 e. The number of H-pyrrole nitrogens is 2. The molecule has 1 aromatic heterocycles. The standard InChI is InChI=1S/C5H6N4O2S/c6-9-4(11)2-1-3(10)8-5(12)7-2/h1H,6H2,(H,9,11)(H2,7,8,10,12). The summed E-state index contributed by atoms with van der Waals surface area (Å²) < 4.78 is 0.0844. The number of hydrogen-bond acceptors (Lipinski definition) is 4. The minimum absolute atomic E-state index is 0.0336. The second-order valence-corrected chi connectivity index (χ2v) is 2.38. The van der Waals surface area contributed by atoms with Gasteiger partial charge in [-0.1, -0.05) is 0 Å². The van der Waals surface area contributed by atoms with Crippen LogP contribution in [0.5, 0.6) is 0 Å². The molecule has 0 aromatic carbocycles. The molecule has 7 heteroatoms. The molecule has 5 N–H and O–H groups in total. The predicted octanol–water partition coefficient (Wildman–Crippen LogP) is -0.964. The number of nitrogens with one attached hydrogen (secondary N) is 3. The van der Waals surface area contributed by atoms with Crippen molar-refractivity contribution in [3.8, 4) is 0 Å². The third-order valence-corrected chi connectivity index (χ3v) is 1.34. The summed E-state index contributed by atoms with van der Waals surface area (Å²) in [6.45, 7) is 0. The number of amides is 1. The molecule has 0 radical (unpaired) electrons. The van der Waals surface area contributed by atoms with Gasteiger partial charge in [0.05, 0.1) is 0 Å². The van der Waals surface area contributed by atoms with E-state index in [2.05, 4.69) is 22.2 Å². The van der Waals surface area contributed by atoms with Crippen molar-refractivity contribution in [1.29, 1.82) is 0 Å². The van der Waals surface area contributed by atoms with Gasteiger partial charge in [0.25, 0.3) is 11.5 Å². The number of nitrogen functional groups attached to an aromatic ring is 1. The van der Waals surface area contributed by atoms with Crippen molar-refractivity contribution in [1.82, 2.24) is 15.4 Å². The summed E-state index contributed by atoms with van der Waals surface area (Å²) >= 11 is 4.62. The number of hydrazine groups is 1. The Morgan fingerprint density at radius 2 is 2.25 bits per heavy atom. The number of aromatic amines is 2. The Hall–Kier alpha value is -1.47. The van der Waals surface area contributed by atoms with E-state index in [1.807, 2.05) is 5.43 Å². The third-order valence-electron chi connectivity index (χ3n) is 1.14. The number of rotatable bonds is 1. The summed E-state index contributed by atoms with van der Waals surface area (Å²) in [5.41, 5.74) is 1.45. The normalized spacial score (nSPS) is 9.42. The highest BCUT2D eigenvalue weighted by Crippen LogP contribution is 1.86. The lowest BCUT2D eigenvalue weighted by molar-refractivity contribution is 0.0948. The molecular formula is C5H6N4O2S. The molecule has 1 rings (SSSR count). The Labute approximate surface area is 71.8 Å².